The van der Waals surface area contributed by atoms with Crippen molar-refractivity contribution in [1.82, 2.24) is 10.6 Å². The number of carboxylic acid groups (broad SMARTS) is 1. The lowest BCUT2D eigenvalue weighted by molar-refractivity contribution is -0.152. The topological polar surface area (TPSA) is 87.7 Å². The number of hydrogen-bond acceptors (Lipinski definition) is 4. The molecular formula is C14H24N2O4. The zero-order valence-electron chi connectivity index (χ0n) is 11.8. The van der Waals surface area contributed by atoms with Crippen LogP contribution in [0.5, 0.6) is 0 Å². The van der Waals surface area contributed by atoms with Gasteiger partial charge in [0.15, 0.2) is 0 Å². The lowest BCUT2D eigenvalue weighted by atomic mass is 9.89. The summed E-state index contributed by atoms with van der Waals surface area (Å²) >= 11 is 0. The predicted octanol–water partition coefficient (Wildman–Crippen LogP) is 0.516. The second-order valence-corrected chi connectivity index (χ2v) is 5.78. The van der Waals surface area contributed by atoms with E-state index < -0.39 is 11.5 Å². The third kappa shape index (κ3) is 3.93. The monoisotopic (exact) mass is 284 g/mol. The summed E-state index contributed by atoms with van der Waals surface area (Å²) < 4.78 is 5.19. The van der Waals surface area contributed by atoms with Crippen molar-refractivity contribution in [3.63, 3.8) is 0 Å². The second kappa shape index (κ2) is 7.04. The minimum absolute atomic E-state index is 0.146. The average molecular weight is 284 g/mol. The van der Waals surface area contributed by atoms with Crippen LogP contribution < -0.4 is 10.6 Å². The van der Waals surface area contributed by atoms with Crippen LogP contribution in [0.25, 0.3) is 0 Å². The molecule has 0 bridgehead atoms. The maximum absolute atomic E-state index is 12.0. The fourth-order valence-corrected chi connectivity index (χ4v) is 2.95. The van der Waals surface area contributed by atoms with Gasteiger partial charge in [-0.25, -0.2) is 4.79 Å². The van der Waals surface area contributed by atoms with Gasteiger partial charge in [0, 0.05) is 32.5 Å². The fraction of sp³-hybridized carbons (Fsp3) is 0.857. The Bertz CT molecular complexity index is 347. The van der Waals surface area contributed by atoms with Gasteiger partial charge in [-0.3, -0.25) is 4.79 Å². The first-order valence-corrected chi connectivity index (χ1v) is 7.45. The van der Waals surface area contributed by atoms with Crippen LogP contribution >= 0.6 is 0 Å². The van der Waals surface area contributed by atoms with Crippen LogP contribution in [0.2, 0.25) is 0 Å². The van der Waals surface area contributed by atoms with E-state index in [4.69, 9.17) is 4.74 Å². The summed E-state index contributed by atoms with van der Waals surface area (Å²) in [5.41, 5.74) is -1.12. The van der Waals surface area contributed by atoms with E-state index in [1.165, 1.54) is 0 Å². The molecular weight excluding hydrogens is 260 g/mol. The molecule has 2 heterocycles. The molecule has 0 aromatic heterocycles. The molecule has 6 heteroatoms. The summed E-state index contributed by atoms with van der Waals surface area (Å²) in [6.07, 6.45) is 4.17. The Balaban J connectivity index is 1.80. The number of ether oxygens (including phenoxy) is 1. The van der Waals surface area contributed by atoms with Gasteiger partial charge in [-0.15, -0.1) is 0 Å². The van der Waals surface area contributed by atoms with E-state index in [-0.39, 0.29) is 5.91 Å². The zero-order valence-corrected chi connectivity index (χ0v) is 11.8. The molecule has 0 spiro atoms. The smallest absolute Gasteiger partial charge is 0.329 e. The quantitative estimate of drug-likeness (QED) is 0.685. The minimum Gasteiger partial charge on any atom is -0.480 e. The lowest BCUT2D eigenvalue weighted by Gasteiger charge is -2.34. The lowest BCUT2D eigenvalue weighted by Crippen LogP contribution is -2.57. The first-order valence-electron chi connectivity index (χ1n) is 7.45. The highest BCUT2D eigenvalue weighted by Gasteiger charge is 2.41. The molecule has 3 N–H and O–H groups in total. The number of rotatable bonds is 5. The Morgan fingerprint density at radius 3 is 2.50 bits per heavy atom. The predicted molar refractivity (Wildman–Crippen MR) is 73.4 cm³/mol. The Labute approximate surface area is 119 Å². The number of carbonyl (C=O) groups is 2. The van der Waals surface area contributed by atoms with E-state index in [9.17, 15) is 14.7 Å². The summed E-state index contributed by atoms with van der Waals surface area (Å²) in [6.45, 7) is 2.81. The van der Waals surface area contributed by atoms with E-state index in [1.807, 2.05) is 0 Å². The van der Waals surface area contributed by atoms with Gasteiger partial charge >= 0.3 is 5.97 Å². The molecule has 0 atom stereocenters. The van der Waals surface area contributed by atoms with Crippen molar-refractivity contribution in [2.24, 2.45) is 5.92 Å². The SMILES string of the molecule is O=C(CCC1CCNCC1)NC1(C(=O)O)CCOCC1. The Morgan fingerprint density at radius 1 is 1.25 bits per heavy atom. The summed E-state index contributed by atoms with van der Waals surface area (Å²) in [5.74, 6) is -0.513. The van der Waals surface area contributed by atoms with Crippen LogP contribution in [0, 0.1) is 5.92 Å². The molecule has 6 nitrogen and oxygen atoms in total. The Hall–Kier alpha value is -1.14. The third-order valence-corrected chi connectivity index (χ3v) is 4.37. The van der Waals surface area contributed by atoms with Gasteiger partial charge in [0.1, 0.15) is 5.54 Å². The molecule has 2 saturated heterocycles. The van der Waals surface area contributed by atoms with Crippen LogP contribution in [0.1, 0.15) is 38.5 Å². The van der Waals surface area contributed by atoms with E-state index >= 15 is 0 Å². The summed E-state index contributed by atoms with van der Waals surface area (Å²) in [5, 5.41) is 15.4. The number of amides is 1. The van der Waals surface area contributed by atoms with E-state index in [1.54, 1.807) is 0 Å². The van der Waals surface area contributed by atoms with Gasteiger partial charge in [0.05, 0.1) is 0 Å². The summed E-state index contributed by atoms with van der Waals surface area (Å²) in [4.78, 5) is 23.5. The normalized spacial score (nSPS) is 23.2. The number of piperidine rings is 1. The van der Waals surface area contributed by atoms with E-state index in [0.717, 1.165) is 32.4 Å². The number of hydrogen-bond donors (Lipinski definition) is 3. The Morgan fingerprint density at radius 2 is 1.90 bits per heavy atom. The van der Waals surface area contributed by atoms with Crippen LogP contribution in [0.3, 0.4) is 0 Å². The number of aliphatic carboxylic acids is 1. The van der Waals surface area contributed by atoms with E-state index in [2.05, 4.69) is 10.6 Å². The van der Waals surface area contributed by atoms with Gasteiger partial charge in [-0.05, 0) is 38.3 Å². The maximum atomic E-state index is 12.0. The molecule has 0 saturated carbocycles. The van der Waals surface area contributed by atoms with Gasteiger partial charge < -0.3 is 20.5 Å². The van der Waals surface area contributed by atoms with Gasteiger partial charge in [0.2, 0.25) is 5.91 Å². The van der Waals surface area contributed by atoms with Crippen molar-refractivity contribution in [2.75, 3.05) is 26.3 Å². The molecule has 114 valence electrons. The zero-order chi connectivity index (χ0) is 14.4. The highest BCUT2D eigenvalue weighted by molar-refractivity contribution is 5.87. The van der Waals surface area contributed by atoms with Crippen molar-refractivity contribution >= 4 is 11.9 Å². The molecule has 20 heavy (non-hydrogen) atoms. The second-order valence-electron chi connectivity index (χ2n) is 5.78. The van der Waals surface area contributed by atoms with Crippen LogP contribution in [0.4, 0.5) is 0 Å². The standard InChI is InChI=1S/C14H24N2O4/c17-12(2-1-11-3-7-15-8-4-11)16-14(13(18)19)5-9-20-10-6-14/h11,15H,1-10H2,(H,16,17)(H,18,19). The molecule has 0 aliphatic carbocycles. The van der Waals surface area contributed by atoms with Crippen molar-refractivity contribution < 1.29 is 19.4 Å². The Kier molecular flexibility index (Phi) is 5.37. The van der Waals surface area contributed by atoms with Crippen molar-refractivity contribution in [1.29, 1.82) is 0 Å². The largest absolute Gasteiger partial charge is 0.480 e. The van der Waals surface area contributed by atoms with Gasteiger partial charge in [-0.1, -0.05) is 0 Å². The number of nitrogens with one attached hydrogen (secondary N) is 2. The molecule has 0 radical (unpaired) electrons. The van der Waals surface area contributed by atoms with Crippen molar-refractivity contribution in [3.8, 4) is 0 Å². The average Bonchev–Trinajstić information content (AvgIpc) is 2.47. The number of carbonyl (C=O) groups excluding carboxylic acids is 1. The first-order chi connectivity index (χ1) is 9.62. The summed E-state index contributed by atoms with van der Waals surface area (Å²) in [6, 6.07) is 0. The minimum atomic E-state index is -1.12. The molecule has 0 aromatic rings. The molecule has 2 aliphatic rings. The molecule has 2 fully saturated rings. The van der Waals surface area contributed by atoms with E-state index in [0.29, 0.717) is 38.4 Å². The highest BCUT2D eigenvalue weighted by Crippen LogP contribution is 2.22. The maximum Gasteiger partial charge on any atom is 0.329 e. The molecule has 2 aliphatic heterocycles. The highest BCUT2D eigenvalue weighted by atomic mass is 16.5. The number of carboxylic acids is 1. The van der Waals surface area contributed by atoms with Crippen molar-refractivity contribution in [2.45, 2.75) is 44.1 Å². The first kappa shape index (κ1) is 15.3. The third-order valence-electron chi connectivity index (χ3n) is 4.37. The molecule has 0 unspecified atom stereocenters. The van der Waals surface area contributed by atoms with Crippen molar-refractivity contribution in [3.05, 3.63) is 0 Å². The molecule has 0 aromatic carbocycles. The van der Waals surface area contributed by atoms with Crippen LogP contribution in [0.15, 0.2) is 0 Å². The molecule has 1 amide bonds. The fourth-order valence-electron chi connectivity index (χ4n) is 2.95. The summed E-state index contributed by atoms with van der Waals surface area (Å²) in [7, 11) is 0. The van der Waals surface area contributed by atoms with Crippen LogP contribution in [-0.4, -0.2) is 48.8 Å². The van der Waals surface area contributed by atoms with Gasteiger partial charge in [0.25, 0.3) is 0 Å². The molecule has 2 rings (SSSR count). The van der Waals surface area contributed by atoms with Crippen LogP contribution in [-0.2, 0) is 14.3 Å². The van der Waals surface area contributed by atoms with Gasteiger partial charge in [-0.2, -0.15) is 0 Å².